The van der Waals surface area contributed by atoms with Gasteiger partial charge in [0.25, 0.3) is 0 Å². The molecule has 3 rings (SSSR count). The molecule has 3 nitrogen and oxygen atoms in total. The zero-order valence-corrected chi connectivity index (χ0v) is 18.1. The molecule has 0 bridgehead atoms. The number of nitrogens with one attached hydrogen (secondary N) is 1. The molecule has 0 aliphatic carbocycles. The lowest BCUT2D eigenvalue weighted by Crippen LogP contribution is -2.38. The molecule has 0 amide bonds. The lowest BCUT2D eigenvalue weighted by molar-refractivity contribution is 0.159. The normalized spacial score (nSPS) is 13.9. The molecular weight excluding hydrogens is 392 g/mol. The van der Waals surface area contributed by atoms with Gasteiger partial charge in [-0.05, 0) is 54.3 Å². The summed E-state index contributed by atoms with van der Waals surface area (Å²) in [7, 11) is 1.73. The largest absolute Gasteiger partial charge is 0.383 e. The Kier molecular flexibility index (Phi) is 8.04. The Morgan fingerprint density at radius 3 is 2.33 bits per heavy atom. The molecule has 0 aliphatic heterocycles. The molecule has 0 spiro atoms. The number of ether oxygens (including phenoxy) is 1. The first kappa shape index (κ1) is 22.1. The highest BCUT2D eigenvalue weighted by Gasteiger charge is 2.24. The summed E-state index contributed by atoms with van der Waals surface area (Å²) in [6.07, 6.45) is 0.842. The van der Waals surface area contributed by atoms with Crippen LogP contribution in [-0.4, -0.2) is 19.8 Å². The minimum absolute atomic E-state index is 0.0815. The average Bonchev–Trinajstić information content (AvgIpc) is 2.79. The van der Waals surface area contributed by atoms with Crippen molar-refractivity contribution in [1.82, 2.24) is 5.32 Å². The second-order valence-electron chi connectivity index (χ2n) is 7.55. The topological polar surface area (TPSA) is 45.0 Å². The standard InChI is InChI=1S/C26H27ClN2O/c1-19(29-26(18-30-2)22-8-4-3-5-9-22)25(16-20-11-13-24(27)14-12-20)23-10-6-7-21(15-23)17-28/h3-15,19,25-26,29H,16,18H2,1-2H3/t19?,25?,26-/m1/s1. The van der Waals surface area contributed by atoms with Gasteiger partial charge in [-0.15, -0.1) is 0 Å². The van der Waals surface area contributed by atoms with Crippen LogP contribution in [0, 0.1) is 11.3 Å². The lowest BCUT2D eigenvalue weighted by Gasteiger charge is -2.30. The van der Waals surface area contributed by atoms with Crippen LogP contribution in [0.5, 0.6) is 0 Å². The molecule has 30 heavy (non-hydrogen) atoms. The van der Waals surface area contributed by atoms with Crippen LogP contribution in [0.15, 0.2) is 78.9 Å². The number of methoxy groups -OCH3 is 1. The van der Waals surface area contributed by atoms with Crippen LogP contribution in [0.3, 0.4) is 0 Å². The maximum atomic E-state index is 9.37. The van der Waals surface area contributed by atoms with Gasteiger partial charge < -0.3 is 10.1 Å². The van der Waals surface area contributed by atoms with E-state index in [-0.39, 0.29) is 18.0 Å². The van der Waals surface area contributed by atoms with Gasteiger partial charge in [-0.1, -0.05) is 66.2 Å². The van der Waals surface area contributed by atoms with E-state index in [9.17, 15) is 5.26 Å². The smallest absolute Gasteiger partial charge is 0.0991 e. The van der Waals surface area contributed by atoms with Crippen LogP contribution in [0.2, 0.25) is 5.02 Å². The molecule has 0 heterocycles. The predicted molar refractivity (Wildman–Crippen MR) is 123 cm³/mol. The summed E-state index contributed by atoms with van der Waals surface area (Å²) in [5, 5.41) is 13.9. The minimum atomic E-state index is 0.0815. The molecule has 1 N–H and O–H groups in total. The Labute approximate surface area is 184 Å². The van der Waals surface area contributed by atoms with Crippen LogP contribution in [-0.2, 0) is 11.2 Å². The maximum absolute atomic E-state index is 9.37. The molecule has 0 aromatic heterocycles. The zero-order valence-electron chi connectivity index (χ0n) is 17.4. The number of benzene rings is 3. The Morgan fingerprint density at radius 1 is 0.967 bits per heavy atom. The highest BCUT2D eigenvalue weighted by atomic mass is 35.5. The monoisotopic (exact) mass is 418 g/mol. The Hall–Kier alpha value is -2.64. The lowest BCUT2D eigenvalue weighted by atomic mass is 9.85. The third kappa shape index (κ3) is 5.93. The summed E-state index contributed by atoms with van der Waals surface area (Å²) in [4.78, 5) is 0. The molecule has 0 aliphatic rings. The molecule has 3 aromatic carbocycles. The number of nitrogens with zero attached hydrogens (tertiary/aromatic N) is 1. The Bertz CT molecular complexity index is 966. The fourth-order valence-electron chi connectivity index (χ4n) is 3.82. The quantitative estimate of drug-likeness (QED) is 0.470. The first-order valence-corrected chi connectivity index (χ1v) is 10.5. The van der Waals surface area contributed by atoms with E-state index in [0.717, 1.165) is 17.0 Å². The molecule has 154 valence electrons. The predicted octanol–water partition coefficient (Wildman–Crippen LogP) is 5.90. The van der Waals surface area contributed by atoms with Crippen molar-refractivity contribution in [2.24, 2.45) is 0 Å². The average molecular weight is 419 g/mol. The number of hydrogen-bond acceptors (Lipinski definition) is 3. The van der Waals surface area contributed by atoms with E-state index in [1.54, 1.807) is 7.11 Å². The van der Waals surface area contributed by atoms with Crippen molar-refractivity contribution in [2.75, 3.05) is 13.7 Å². The van der Waals surface area contributed by atoms with Gasteiger partial charge in [0.1, 0.15) is 0 Å². The number of nitriles is 1. The first-order valence-electron chi connectivity index (χ1n) is 10.1. The van der Waals surface area contributed by atoms with Crippen molar-refractivity contribution < 1.29 is 4.74 Å². The van der Waals surface area contributed by atoms with Crippen LogP contribution >= 0.6 is 11.6 Å². The van der Waals surface area contributed by atoms with E-state index in [0.29, 0.717) is 12.2 Å². The van der Waals surface area contributed by atoms with Gasteiger partial charge in [-0.3, -0.25) is 0 Å². The molecule has 0 fully saturated rings. The Balaban J connectivity index is 1.89. The molecule has 3 aromatic rings. The highest BCUT2D eigenvalue weighted by Crippen LogP contribution is 2.28. The van der Waals surface area contributed by atoms with Crippen LogP contribution < -0.4 is 5.32 Å². The van der Waals surface area contributed by atoms with Gasteiger partial charge in [-0.25, -0.2) is 0 Å². The fourth-order valence-corrected chi connectivity index (χ4v) is 3.95. The van der Waals surface area contributed by atoms with Crippen LogP contribution in [0.25, 0.3) is 0 Å². The maximum Gasteiger partial charge on any atom is 0.0991 e. The van der Waals surface area contributed by atoms with Crippen LogP contribution in [0.4, 0.5) is 0 Å². The van der Waals surface area contributed by atoms with E-state index in [2.05, 4.69) is 48.6 Å². The molecule has 2 unspecified atom stereocenters. The summed E-state index contributed by atoms with van der Waals surface area (Å²) in [5.74, 6) is 0.183. The van der Waals surface area contributed by atoms with Gasteiger partial charge in [0.05, 0.1) is 24.3 Å². The van der Waals surface area contributed by atoms with Gasteiger partial charge in [0.2, 0.25) is 0 Å². The van der Waals surface area contributed by atoms with Crippen LogP contribution in [0.1, 0.15) is 41.1 Å². The van der Waals surface area contributed by atoms with Crippen molar-refractivity contribution in [1.29, 1.82) is 5.26 Å². The van der Waals surface area contributed by atoms with E-state index in [1.165, 1.54) is 11.1 Å². The SMILES string of the molecule is COC[C@@H](NC(C)C(Cc1ccc(Cl)cc1)c1cccc(C#N)c1)c1ccccc1. The van der Waals surface area contributed by atoms with Gasteiger partial charge >= 0.3 is 0 Å². The van der Waals surface area contributed by atoms with Crippen molar-refractivity contribution in [2.45, 2.75) is 31.3 Å². The van der Waals surface area contributed by atoms with Gasteiger partial charge in [0.15, 0.2) is 0 Å². The summed E-state index contributed by atoms with van der Waals surface area (Å²) in [6, 6.07) is 28.7. The number of hydrogen-bond donors (Lipinski definition) is 1. The summed E-state index contributed by atoms with van der Waals surface area (Å²) < 4.78 is 5.49. The van der Waals surface area contributed by atoms with E-state index in [1.807, 2.05) is 48.5 Å². The number of halogens is 1. The van der Waals surface area contributed by atoms with Gasteiger partial charge in [0, 0.05) is 24.1 Å². The zero-order chi connectivity index (χ0) is 21.3. The molecule has 0 saturated heterocycles. The summed E-state index contributed by atoms with van der Waals surface area (Å²) >= 11 is 6.08. The van der Waals surface area contributed by atoms with E-state index < -0.39 is 0 Å². The van der Waals surface area contributed by atoms with Gasteiger partial charge in [-0.2, -0.15) is 5.26 Å². The first-order chi connectivity index (χ1) is 14.6. The minimum Gasteiger partial charge on any atom is -0.383 e. The molecule has 3 atom stereocenters. The van der Waals surface area contributed by atoms with Crippen molar-refractivity contribution >= 4 is 11.6 Å². The van der Waals surface area contributed by atoms with Crippen molar-refractivity contribution in [3.8, 4) is 6.07 Å². The molecule has 0 saturated carbocycles. The Morgan fingerprint density at radius 2 is 1.67 bits per heavy atom. The fraction of sp³-hybridized carbons (Fsp3) is 0.269. The summed E-state index contributed by atoms with van der Waals surface area (Å²) in [6.45, 7) is 2.78. The van der Waals surface area contributed by atoms with E-state index in [4.69, 9.17) is 16.3 Å². The second kappa shape index (κ2) is 10.9. The van der Waals surface area contributed by atoms with Crippen molar-refractivity contribution in [3.63, 3.8) is 0 Å². The second-order valence-corrected chi connectivity index (χ2v) is 7.98. The number of rotatable bonds is 9. The van der Waals surface area contributed by atoms with E-state index >= 15 is 0 Å². The molecular formula is C26H27ClN2O. The third-order valence-electron chi connectivity index (χ3n) is 5.42. The third-order valence-corrected chi connectivity index (χ3v) is 5.67. The highest BCUT2D eigenvalue weighted by molar-refractivity contribution is 6.30. The summed E-state index contributed by atoms with van der Waals surface area (Å²) in [5.41, 5.74) is 4.23. The molecule has 0 radical (unpaired) electrons. The van der Waals surface area contributed by atoms with Crippen molar-refractivity contribution in [3.05, 3.63) is 106 Å². The molecule has 4 heteroatoms.